The van der Waals surface area contributed by atoms with E-state index >= 15 is 0 Å². The van der Waals surface area contributed by atoms with Crippen molar-refractivity contribution in [2.45, 2.75) is 30.7 Å². The van der Waals surface area contributed by atoms with Gasteiger partial charge in [0, 0.05) is 24.5 Å². The average Bonchev–Trinajstić information content (AvgIpc) is 2.42. The summed E-state index contributed by atoms with van der Waals surface area (Å²) in [5, 5.41) is 3.29. The van der Waals surface area contributed by atoms with Gasteiger partial charge in [-0.1, -0.05) is 11.6 Å². The fourth-order valence-electron chi connectivity index (χ4n) is 1.99. The SMILES string of the molecule is CCNc1ncc(S(=O)(=O)NC2CCCSC2)cc1Cl. The summed E-state index contributed by atoms with van der Waals surface area (Å²) in [4.78, 5) is 4.17. The van der Waals surface area contributed by atoms with E-state index < -0.39 is 10.0 Å². The van der Waals surface area contributed by atoms with Gasteiger partial charge in [-0.05, 0) is 31.6 Å². The van der Waals surface area contributed by atoms with Gasteiger partial charge in [0.25, 0.3) is 0 Å². The fraction of sp³-hybridized carbons (Fsp3) is 0.583. The van der Waals surface area contributed by atoms with Crippen LogP contribution >= 0.6 is 23.4 Å². The number of nitrogens with zero attached hydrogens (tertiary/aromatic N) is 1. The second kappa shape index (κ2) is 6.98. The lowest BCUT2D eigenvalue weighted by atomic mass is 10.2. The summed E-state index contributed by atoms with van der Waals surface area (Å²) in [7, 11) is -3.55. The first-order valence-corrected chi connectivity index (χ1v) is 9.54. The van der Waals surface area contributed by atoms with Gasteiger partial charge in [-0.15, -0.1) is 0 Å². The Morgan fingerprint density at radius 3 is 2.95 bits per heavy atom. The lowest BCUT2D eigenvalue weighted by molar-refractivity contribution is 0.543. The highest BCUT2D eigenvalue weighted by Crippen LogP contribution is 2.24. The number of hydrogen-bond acceptors (Lipinski definition) is 5. The number of pyridine rings is 1. The topological polar surface area (TPSA) is 71.1 Å². The standard InChI is InChI=1S/C12H18ClN3O2S2/c1-2-14-12-11(13)6-10(7-15-12)20(17,18)16-9-4-3-5-19-8-9/h6-7,9,16H,2-5,8H2,1H3,(H,14,15). The lowest BCUT2D eigenvalue weighted by Crippen LogP contribution is -2.38. The summed E-state index contributed by atoms with van der Waals surface area (Å²) < 4.78 is 27.3. The average molecular weight is 336 g/mol. The van der Waals surface area contributed by atoms with E-state index in [1.165, 1.54) is 12.3 Å². The molecule has 0 radical (unpaired) electrons. The van der Waals surface area contributed by atoms with E-state index in [2.05, 4.69) is 15.0 Å². The van der Waals surface area contributed by atoms with Crippen LogP contribution in [0.15, 0.2) is 17.2 Å². The summed E-state index contributed by atoms with van der Waals surface area (Å²) in [6.07, 6.45) is 3.25. The largest absolute Gasteiger partial charge is 0.369 e. The van der Waals surface area contributed by atoms with Crippen LogP contribution in [0, 0.1) is 0 Å². The van der Waals surface area contributed by atoms with Crippen LogP contribution in [-0.2, 0) is 10.0 Å². The molecule has 0 amide bonds. The number of anilines is 1. The molecule has 1 saturated heterocycles. The molecule has 0 saturated carbocycles. The Kier molecular flexibility index (Phi) is 5.54. The molecule has 0 aromatic carbocycles. The molecule has 1 aliphatic rings. The lowest BCUT2D eigenvalue weighted by Gasteiger charge is -2.22. The molecule has 1 fully saturated rings. The van der Waals surface area contributed by atoms with Crippen LogP contribution in [0.1, 0.15) is 19.8 Å². The molecule has 0 aliphatic carbocycles. The Morgan fingerprint density at radius 1 is 1.55 bits per heavy atom. The van der Waals surface area contributed by atoms with E-state index in [4.69, 9.17) is 11.6 Å². The zero-order chi connectivity index (χ0) is 14.6. The van der Waals surface area contributed by atoms with Crippen molar-refractivity contribution in [3.63, 3.8) is 0 Å². The molecule has 2 N–H and O–H groups in total. The highest BCUT2D eigenvalue weighted by atomic mass is 35.5. The van der Waals surface area contributed by atoms with Crippen LogP contribution in [0.4, 0.5) is 5.82 Å². The molecule has 0 bridgehead atoms. The number of nitrogens with one attached hydrogen (secondary N) is 2. The highest BCUT2D eigenvalue weighted by molar-refractivity contribution is 7.99. The second-order valence-electron chi connectivity index (χ2n) is 4.57. The number of hydrogen-bond donors (Lipinski definition) is 2. The third-order valence-electron chi connectivity index (χ3n) is 2.95. The van der Waals surface area contributed by atoms with E-state index in [0.29, 0.717) is 17.4 Å². The van der Waals surface area contributed by atoms with Crippen molar-refractivity contribution in [3.05, 3.63) is 17.3 Å². The van der Waals surface area contributed by atoms with E-state index in [-0.39, 0.29) is 10.9 Å². The zero-order valence-corrected chi connectivity index (χ0v) is 13.6. The van der Waals surface area contributed by atoms with Gasteiger partial charge in [0.2, 0.25) is 10.0 Å². The zero-order valence-electron chi connectivity index (χ0n) is 11.2. The van der Waals surface area contributed by atoms with Crippen molar-refractivity contribution in [1.29, 1.82) is 0 Å². The second-order valence-corrected chi connectivity index (χ2v) is 7.84. The molecule has 0 spiro atoms. The van der Waals surface area contributed by atoms with Crippen molar-refractivity contribution in [2.75, 3.05) is 23.4 Å². The van der Waals surface area contributed by atoms with Crippen LogP contribution in [0.25, 0.3) is 0 Å². The van der Waals surface area contributed by atoms with Gasteiger partial charge in [-0.3, -0.25) is 0 Å². The van der Waals surface area contributed by atoms with E-state index in [1.54, 1.807) is 11.8 Å². The Hall–Kier alpha value is -0.500. The molecule has 1 aromatic rings. The number of halogens is 1. The van der Waals surface area contributed by atoms with Gasteiger partial charge >= 0.3 is 0 Å². The summed E-state index contributed by atoms with van der Waals surface area (Å²) in [6.45, 7) is 2.60. The van der Waals surface area contributed by atoms with Crippen molar-refractivity contribution >= 4 is 39.2 Å². The summed E-state index contributed by atoms with van der Waals surface area (Å²) in [5.74, 6) is 2.42. The van der Waals surface area contributed by atoms with E-state index in [0.717, 1.165) is 24.3 Å². The van der Waals surface area contributed by atoms with Gasteiger partial charge in [0.15, 0.2) is 0 Å². The minimum atomic E-state index is -3.55. The Bertz CT molecular complexity index is 560. The molecule has 5 nitrogen and oxygen atoms in total. The molecule has 2 heterocycles. The van der Waals surface area contributed by atoms with Crippen molar-refractivity contribution in [2.24, 2.45) is 0 Å². The third-order valence-corrected chi connectivity index (χ3v) is 5.94. The highest BCUT2D eigenvalue weighted by Gasteiger charge is 2.23. The number of sulfonamides is 1. The number of aromatic nitrogens is 1. The molecule has 20 heavy (non-hydrogen) atoms. The van der Waals surface area contributed by atoms with Crippen molar-refractivity contribution < 1.29 is 8.42 Å². The van der Waals surface area contributed by atoms with Crippen molar-refractivity contribution in [3.8, 4) is 0 Å². The molecule has 1 unspecified atom stereocenters. The van der Waals surface area contributed by atoms with Gasteiger partial charge in [0.1, 0.15) is 10.7 Å². The smallest absolute Gasteiger partial charge is 0.242 e. The minimum Gasteiger partial charge on any atom is -0.369 e. The Balaban J connectivity index is 2.14. The fourth-order valence-corrected chi connectivity index (χ4v) is 4.70. The summed E-state index contributed by atoms with van der Waals surface area (Å²) in [5.41, 5.74) is 0. The maximum atomic E-state index is 12.3. The third kappa shape index (κ3) is 4.00. The first kappa shape index (κ1) is 15.9. The maximum Gasteiger partial charge on any atom is 0.242 e. The predicted molar refractivity (Wildman–Crippen MR) is 84.1 cm³/mol. The van der Waals surface area contributed by atoms with E-state index in [9.17, 15) is 8.42 Å². The maximum absolute atomic E-state index is 12.3. The number of rotatable bonds is 5. The van der Waals surface area contributed by atoms with Crippen LogP contribution < -0.4 is 10.0 Å². The predicted octanol–water partition coefficient (Wildman–Crippen LogP) is 2.34. The first-order valence-electron chi connectivity index (χ1n) is 6.52. The normalized spacial score (nSPS) is 19.8. The van der Waals surface area contributed by atoms with Crippen LogP contribution in [0.5, 0.6) is 0 Å². The van der Waals surface area contributed by atoms with Crippen LogP contribution in [0.2, 0.25) is 5.02 Å². The Labute approximate surface area is 128 Å². The Morgan fingerprint density at radius 2 is 2.35 bits per heavy atom. The van der Waals surface area contributed by atoms with Gasteiger partial charge in [-0.25, -0.2) is 18.1 Å². The molecular formula is C12H18ClN3O2S2. The summed E-state index contributed by atoms with van der Waals surface area (Å²) >= 11 is 7.81. The molecule has 1 atom stereocenters. The molecule has 1 aromatic heterocycles. The molecule has 1 aliphatic heterocycles. The van der Waals surface area contributed by atoms with Gasteiger partial charge < -0.3 is 5.32 Å². The van der Waals surface area contributed by atoms with Crippen LogP contribution in [-0.4, -0.2) is 37.5 Å². The quantitative estimate of drug-likeness (QED) is 0.864. The molecule has 2 rings (SSSR count). The van der Waals surface area contributed by atoms with E-state index in [1.807, 2.05) is 6.92 Å². The monoisotopic (exact) mass is 335 g/mol. The molecule has 112 valence electrons. The van der Waals surface area contributed by atoms with Crippen molar-refractivity contribution in [1.82, 2.24) is 9.71 Å². The number of thioether (sulfide) groups is 1. The van der Waals surface area contributed by atoms with Gasteiger partial charge in [0.05, 0.1) is 5.02 Å². The first-order chi connectivity index (χ1) is 9.53. The summed E-state index contributed by atoms with van der Waals surface area (Å²) in [6, 6.07) is 1.43. The minimum absolute atomic E-state index is 0.00836. The van der Waals surface area contributed by atoms with Gasteiger partial charge in [-0.2, -0.15) is 11.8 Å². The molecular weight excluding hydrogens is 318 g/mol. The van der Waals surface area contributed by atoms with Crippen LogP contribution in [0.3, 0.4) is 0 Å². The molecule has 8 heteroatoms.